The summed E-state index contributed by atoms with van der Waals surface area (Å²) in [6, 6.07) is 7.22. The molecule has 4 heteroatoms. The molecule has 0 unspecified atom stereocenters. The van der Waals surface area contributed by atoms with E-state index in [1.165, 1.54) is 0 Å². The van der Waals surface area contributed by atoms with E-state index < -0.39 is 0 Å². The van der Waals surface area contributed by atoms with E-state index in [1.807, 2.05) is 12.1 Å². The SMILES string of the molecule is O=C(Nc1ccc(OCCO)cc1)C1CCCC1. The Bertz CT molecular complexity index is 383. The van der Waals surface area contributed by atoms with E-state index in [0.717, 1.165) is 31.4 Å². The predicted molar refractivity (Wildman–Crippen MR) is 69.6 cm³/mol. The Morgan fingerprint density at radius 3 is 2.56 bits per heavy atom. The van der Waals surface area contributed by atoms with Crippen LogP contribution in [-0.4, -0.2) is 24.2 Å². The van der Waals surface area contributed by atoms with Crippen LogP contribution in [0, 0.1) is 5.92 Å². The van der Waals surface area contributed by atoms with Crippen molar-refractivity contribution in [2.45, 2.75) is 25.7 Å². The fraction of sp³-hybridized carbons (Fsp3) is 0.500. The fourth-order valence-corrected chi connectivity index (χ4v) is 2.23. The van der Waals surface area contributed by atoms with Gasteiger partial charge in [-0.25, -0.2) is 0 Å². The summed E-state index contributed by atoms with van der Waals surface area (Å²) in [5.74, 6) is 0.995. The maximum Gasteiger partial charge on any atom is 0.227 e. The fourth-order valence-electron chi connectivity index (χ4n) is 2.23. The lowest BCUT2D eigenvalue weighted by Gasteiger charge is -2.11. The van der Waals surface area contributed by atoms with Crippen LogP contribution in [0.1, 0.15) is 25.7 Å². The number of ether oxygens (including phenoxy) is 1. The average molecular weight is 249 g/mol. The van der Waals surface area contributed by atoms with E-state index in [4.69, 9.17) is 9.84 Å². The van der Waals surface area contributed by atoms with Crippen LogP contribution in [0.3, 0.4) is 0 Å². The Balaban J connectivity index is 1.87. The highest BCUT2D eigenvalue weighted by Gasteiger charge is 2.22. The van der Waals surface area contributed by atoms with Gasteiger partial charge in [0.05, 0.1) is 6.61 Å². The van der Waals surface area contributed by atoms with Crippen molar-refractivity contribution in [2.24, 2.45) is 5.92 Å². The van der Waals surface area contributed by atoms with Crippen molar-refractivity contribution in [3.05, 3.63) is 24.3 Å². The first-order chi connectivity index (χ1) is 8.79. The third-order valence-electron chi connectivity index (χ3n) is 3.21. The normalized spacial score (nSPS) is 15.6. The van der Waals surface area contributed by atoms with E-state index in [-0.39, 0.29) is 25.0 Å². The van der Waals surface area contributed by atoms with Gasteiger partial charge in [-0.3, -0.25) is 4.79 Å². The van der Waals surface area contributed by atoms with Crippen LogP contribution < -0.4 is 10.1 Å². The molecule has 1 aromatic carbocycles. The molecule has 98 valence electrons. The van der Waals surface area contributed by atoms with Crippen LogP contribution in [-0.2, 0) is 4.79 Å². The maximum absolute atomic E-state index is 11.9. The number of aliphatic hydroxyl groups excluding tert-OH is 1. The van der Waals surface area contributed by atoms with E-state index in [0.29, 0.717) is 5.75 Å². The molecule has 1 aromatic rings. The van der Waals surface area contributed by atoms with Crippen molar-refractivity contribution in [1.29, 1.82) is 0 Å². The number of carbonyl (C=O) groups excluding carboxylic acids is 1. The minimum Gasteiger partial charge on any atom is -0.491 e. The van der Waals surface area contributed by atoms with Gasteiger partial charge in [-0.15, -0.1) is 0 Å². The smallest absolute Gasteiger partial charge is 0.227 e. The van der Waals surface area contributed by atoms with Gasteiger partial charge in [0.15, 0.2) is 0 Å². The Labute approximate surface area is 107 Å². The monoisotopic (exact) mass is 249 g/mol. The minimum atomic E-state index is 0.000166. The first kappa shape index (κ1) is 12.9. The number of nitrogens with one attached hydrogen (secondary N) is 1. The Morgan fingerprint density at radius 1 is 1.28 bits per heavy atom. The van der Waals surface area contributed by atoms with Crippen LogP contribution in [0.25, 0.3) is 0 Å². The van der Waals surface area contributed by atoms with Gasteiger partial charge in [-0.05, 0) is 37.1 Å². The molecule has 0 saturated heterocycles. The van der Waals surface area contributed by atoms with Gasteiger partial charge in [-0.1, -0.05) is 12.8 Å². The van der Waals surface area contributed by atoms with Gasteiger partial charge in [0, 0.05) is 11.6 Å². The molecule has 2 rings (SSSR count). The van der Waals surface area contributed by atoms with Crippen molar-refractivity contribution in [3.63, 3.8) is 0 Å². The summed E-state index contributed by atoms with van der Waals surface area (Å²) in [6.45, 7) is 0.286. The van der Waals surface area contributed by atoms with Gasteiger partial charge < -0.3 is 15.2 Å². The highest BCUT2D eigenvalue weighted by molar-refractivity contribution is 5.92. The van der Waals surface area contributed by atoms with Gasteiger partial charge in [0.1, 0.15) is 12.4 Å². The van der Waals surface area contributed by atoms with Crippen LogP contribution in [0.4, 0.5) is 5.69 Å². The topological polar surface area (TPSA) is 58.6 Å². The highest BCUT2D eigenvalue weighted by Crippen LogP contribution is 2.26. The van der Waals surface area contributed by atoms with Crippen LogP contribution in [0.2, 0.25) is 0 Å². The van der Waals surface area contributed by atoms with Gasteiger partial charge in [0.2, 0.25) is 5.91 Å². The predicted octanol–water partition coefficient (Wildman–Crippen LogP) is 2.19. The number of hydrogen-bond donors (Lipinski definition) is 2. The molecule has 0 radical (unpaired) electrons. The third kappa shape index (κ3) is 3.47. The van der Waals surface area contributed by atoms with Crippen LogP contribution >= 0.6 is 0 Å². The highest BCUT2D eigenvalue weighted by atomic mass is 16.5. The van der Waals surface area contributed by atoms with Crippen molar-refractivity contribution in [3.8, 4) is 5.75 Å². The Morgan fingerprint density at radius 2 is 1.94 bits per heavy atom. The summed E-state index contributed by atoms with van der Waals surface area (Å²) in [6.07, 6.45) is 4.32. The summed E-state index contributed by atoms with van der Waals surface area (Å²) in [4.78, 5) is 11.9. The molecule has 0 heterocycles. The van der Waals surface area contributed by atoms with Crippen LogP contribution in [0.15, 0.2) is 24.3 Å². The molecule has 1 aliphatic rings. The second-order valence-electron chi connectivity index (χ2n) is 4.57. The number of benzene rings is 1. The van der Waals surface area contributed by atoms with Gasteiger partial charge >= 0.3 is 0 Å². The molecule has 1 aliphatic carbocycles. The number of aliphatic hydroxyl groups is 1. The summed E-state index contributed by atoms with van der Waals surface area (Å²) in [7, 11) is 0. The molecule has 0 spiro atoms. The third-order valence-corrected chi connectivity index (χ3v) is 3.21. The number of amides is 1. The zero-order chi connectivity index (χ0) is 12.8. The molecular weight excluding hydrogens is 230 g/mol. The summed E-state index contributed by atoms with van der Waals surface area (Å²) in [5.41, 5.74) is 0.795. The largest absolute Gasteiger partial charge is 0.491 e. The number of anilines is 1. The van der Waals surface area contributed by atoms with E-state index in [9.17, 15) is 4.79 Å². The van der Waals surface area contributed by atoms with Crippen molar-refractivity contribution in [2.75, 3.05) is 18.5 Å². The number of rotatable bonds is 5. The lowest BCUT2D eigenvalue weighted by atomic mass is 10.1. The van der Waals surface area contributed by atoms with Gasteiger partial charge in [0.25, 0.3) is 0 Å². The van der Waals surface area contributed by atoms with E-state index in [2.05, 4.69) is 5.32 Å². The summed E-state index contributed by atoms with van der Waals surface area (Å²) < 4.78 is 5.25. The summed E-state index contributed by atoms with van der Waals surface area (Å²) in [5, 5.41) is 11.6. The van der Waals surface area contributed by atoms with Crippen LogP contribution in [0.5, 0.6) is 5.75 Å². The molecule has 4 nitrogen and oxygen atoms in total. The van der Waals surface area contributed by atoms with Crippen molar-refractivity contribution < 1.29 is 14.6 Å². The molecule has 2 N–H and O–H groups in total. The van der Waals surface area contributed by atoms with Crippen molar-refractivity contribution >= 4 is 11.6 Å². The molecule has 0 atom stereocenters. The first-order valence-corrected chi connectivity index (χ1v) is 6.44. The second kappa shape index (κ2) is 6.40. The van der Waals surface area contributed by atoms with E-state index >= 15 is 0 Å². The first-order valence-electron chi connectivity index (χ1n) is 6.44. The Hall–Kier alpha value is -1.55. The number of carbonyl (C=O) groups is 1. The standard InChI is InChI=1S/C14H19NO3/c16-9-10-18-13-7-5-12(6-8-13)15-14(17)11-3-1-2-4-11/h5-8,11,16H,1-4,9-10H2,(H,15,17). The second-order valence-corrected chi connectivity index (χ2v) is 4.57. The van der Waals surface area contributed by atoms with E-state index in [1.54, 1.807) is 12.1 Å². The molecule has 18 heavy (non-hydrogen) atoms. The number of hydrogen-bond acceptors (Lipinski definition) is 3. The van der Waals surface area contributed by atoms with Gasteiger partial charge in [-0.2, -0.15) is 0 Å². The molecule has 1 fully saturated rings. The molecule has 1 saturated carbocycles. The average Bonchev–Trinajstić information content (AvgIpc) is 2.92. The molecule has 0 bridgehead atoms. The zero-order valence-corrected chi connectivity index (χ0v) is 10.4. The molecule has 0 aromatic heterocycles. The summed E-state index contributed by atoms with van der Waals surface area (Å²) >= 11 is 0. The van der Waals surface area contributed by atoms with Crippen molar-refractivity contribution in [1.82, 2.24) is 0 Å². The lowest BCUT2D eigenvalue weighted by molar-refractivity contribution is -0.119. The Kier molecular flexibility index (Phi) is 4.59. The maximum atomic E-state index is 11.9. The quantitative estimate of drug-likeness (QED) is 0.841. The lowest BCUT2D eigenvalue weighted by Crippen LogP contribution is -2.20. The molecule has 1 amide bonds. The zero-order valence-electron chi connectivity index (χ0n) is 10.4. The minimum absolute atomic E-state index is 0.000166. The molecular formula is C14H19NO3. The molecule has 0 aliphatic heterocycles.